The molecule has 1 heterocycles. The zero-order chi connectivity index (χ0) is 15.1. The van der Waals surface area contributed by atoms with Gasteiger partial charge >= 0.3 is 0 Å². The Labute approximate surface area is 131 Å². The van der Waals surface area contributed by atoms with Gasteiger partial charge in [0.2, 0.25) is 0 Å². The van der Waals surface area contributed by atoms with Gasteiger partial charge in [-0.1, -0.05) is 6.07 Å². The maximum atomic E-state index is 11.4. The van der Waals surface area contributed by atoms with E-state index in [0.717, 1.165) is 43.1 Å². The number of thioether (sulfide) groups is 1. The van der Waals surface area contributed by atoms with Crippen LogP contribution in [0, 0.1) is 0 Å². The first-order chi connectivity index (χ1) is 10.0. The molecule has 3 nitrogen and oxygen atoms in total. The van der Waals surface area contributed by atoms with Crippen molar-refractivity contribution < 1.29 is 9.84 Å². The summed E-state index contributed by atoms with van der Waals surface area (Å²) in [6.45, 7) is 0.897. The number of hydrogen-bond donors (Lipinski definition) is 1. The summed E-state index contributed by atoms with van der Waals surface area (Å²) in [4.78, 5) is 2.21. The normalized spacial score (nSPS) is 27.1. The van der Waals surface area contributed by atoms with E-state index in [2.05, 4.69) is 31.1 Å². The molecule has 1 aliphatic heterocycles. The lowest BCUT2D eigenvalue weighted by Gasteiger charge is -2.56. The standard InChI is InChI=1S/C17H25NO2S/c1-18(2)12-16(17(19)6-8-21-9-7-17)11-13-4-5-14(20-3)10-15(13)16/h4-5,10,19H,6-9,11-12H2,1-3H3. The van der Waals surface area contributed by atoms with Crippen LogP contribution in [0.15, 0.2) is 18.2 Å². The summed E-state index contributed by atoms with van der Waals surface area (Å²) in [6, 6.07) is 6.32. The Bertz CT molecular complexity index is 526. The van der Waals surface area contributed by atoms with E-state index >= 15 is 0 Å². The average molecular weight is 307 g/mol. The molecular weight excluding hydrogens is 282 g/mol. The average Bonchev–Trinajstić information content (AvgIpc) is 2.45. The maximum absolute atomic E-state index is 11.4. The fourth-order valence-corrected chi connectivity index (χ4v) is 5.19. The molecule has 1 N–H and O–H groups in total. The SMILES string of the molecule is COc1ccc2c(c1)C(CN(C)C)(C1(O)CCSCC1)C2. The third-order valence-electron chi connectivity index (χ3n) is 5.12. The molecule has 1 fully saturated rings. The summed E-state index contributed by atoms with van der Waals surface area (Å²) in [7, 11) is 5.90. The van der Waals surface area contributed by atoms with Crippen LogP contribution in [-0.2, 0) is 11.8 Å². The van der Waals surface area contributed by atoms with Gasteiger partial charge in [-0.15, -0.1) is 0 Å². The van der Waals surface area contributed by atoms with E-state index in [1.54, 1.807) is 7.11 Å². The fourth-order valence-electron chi connectivity index (χ4n) is 4.03. The molecule has 1 atom stereocenters. The van der Waals surface area contributed by atoms with Crippen molar-refractivity contribution in [3.05, 3.63) is 29.3 Å². The fraction of sp³-hybridized carbons (Fsp3) is 0.647. The molecule has 2 aliphatic rings. The molecule has 0 radical (unpaired) electrons. The van der Waals surface area contributed by atoms with Gasteiger partial charge in [-0.05, 0) is 68.1 Å². The van der Waals surface area contributed by atoms with Gasteiger partial charge in [0.15, 0.2) is 0 Å². The maximum Gasteiger partial charge on any atom is 0.119 e. The van der Waals surface area contributed by atoms with Crippen LogP contribution in [-0.4, -0.2) is 54.9 Å². The topological polar surface area (TPSA) is 32.7 Å². The van der Waals surface area contributed by atoms with Crippen molar-refractivity contribution in [1.29, 1.82) is 0 Å². The molecule has 0 bridgehead atoms. The predicted octanol–water partition coefficient (Wildman–Crippen LogP) is 2.31. The smallest absolute Gasteiger partial charge is 0.119 e. The van der Waals surface area contributed by atoms with E-state index in [1.807, 2.05) is 17.8 Å². The molecular formula is C17H25NO2S. The van der Waals surface area contributed by atoms with Crippen LogP contribution in [0.2, 0.25) is 0 Å². The Morgan fingerprint density at radius 3 is 2.62 bits per heavy atom. The molecule has 0 spiro atoms. The van der Waals surface area contributed by atoms with E-state index in [-0.39, 0.29) is 5.41 Å². The molecule has 0 amide bonds. The first kappa shape index (κ1) is 15.2. The van der Waals surface area contributed by atoms with Crippen LogP contribution in [0.25, 0.3) is 0 Å². The van der Waals surface area contributed by atoms with Gasteiger partial charge in [-0.2, -0.15) is 11.8 Å². The minimum absolute atomic E-state index is 0.138. The summed E-state index contributed by atoms with van der Waals surface area (Å²) in [5.74, 6) is 3.01. The molecule has 1 aliphatic carbocycles. The van der Waals surface area contributed by atoms with Gasteiger partial charge in [0.25, 0.3) is 0 Å². The number of likely N-dealkylation sites (N-methyl/N-ethyl adjacent to an activating group) is 1. The van der Waals surface area contributed by atoms with Crippen LogP contribution < -0.4 is 4.74 Å². The summed E-state index contributed by atoms with van der Waals surface area (Å²) >= 11 is 1.96. The Kier molecular flexibility index (Phi) is 3.97. The number of fused-ring (bicyclic) bond motifs is 1. The van der Waals surface area contributed by atoms with Crippen molar-refractivity contribution >= 4 is 11.8 Å². The molecule has 4 heteroatoms. The lowest BCUT2D eigenvalue weighted by molar-refractivity contribution is -0.0679. The highest BCUT2D eigenvalue weighted by molar-refractivity contribution is 7.99. The lowest BCUT2D eigenvalue weighted by Crippen LogP contribution is -2.63. The van der Waals surface area contributed by atoms with Gasteiger partial charge < -0.3 is 14.7 Å². The molecule has 3 rings (SSSR count). The zero-order valence-electron chi connectivity index (χ0n) is 13.2. The van der Waals surface area contributed by atoms with Crippen molar-refractivity contribution in [3.63, 3.8) is 0 Å². The van der Waals surface area contributed by atoms with Gasteiger partial charge in [0.05, 0.1) is 12.7 Å². The second kappa shape index (κ2) is 5.49. The van der Waals surface area contributed by atoms with Crippen LogP contribution in [0.4, 0.5) is 0 Å². The van der Waals surface area contributed by atoms with E-state index in [1.165, 1.54) is 11.1 Å². The number of methoxy groups -OCH3 is 1. The predicted molar refractivity (Wildman–Crippen MR) is 88.4 cm³/mol. The molecule has 116 valence electrons. The number of hydrogen-bond acceptors (Lipinski definition) is 4. The first-order valence-electron chi connectivity index (χ1n) is 7.63. The zero-order valence-corrected chi connectivity index (χ0v) is 14.0. The van der Waals surface area contributed by atoms with Gasteiger partial charge in [-0.3, -0.25) is 0 Å². The van der Waals surface area contributed by atoms with Crippen LogP contribution in [0.1, 0.15) is 24.0 Å². The van der Waals surface area contributed by atoms with Crippen molar-refractivity contribution in [3.8, 4) is 5.75 Å². The Morgan fingerprint density at radius 1 is 1.29 bits per heavy atom. The minimum atomic E-state index is -0.581. The number of aliphatic hydroxyl groups is 1. The molecule has 1 aromatic carbocycles. The van der Waals surface area contributed by atoms with E-state index < -0.39 is 5.60 Å². The summed E-state index contributed by atoms with van der Waals surface area (Å²) < 4.78 is 5.40. The lowest BCUT2D eigenvalue weighted by atomic mass is 9.53. The molecule has 1 aromatic rings. The Morgan fingerprint density at radius 2 is 2.00 bits per heavy atom. The Balaban J connectivity index is 2.03. The third-order valence-corrected chi connectivity index (χ3v) is 6.11. The molecule has 0 saturated carbocycles. The second-order valence-electron chi connectivity index (χ2n) is 6.66. The van der Waals surface area contributed by atoms with Crippen molar-refractivity contribution in [2.75, 3.05) is 39.3 Å². The monoisotopic (exact) mass is 307 g/mol. The van der Waals surface area contributed by atoms with Crippen LogP contribution >= 0.6 is 11.8 Å². The highest BCUT2D eigenvalue weighted by Crippen LogP contribution is 2.54. The summed E-state index contributed by atoms with van der Waals surface area (Å²) in [5, 5.41) is 11.4. The molecule has 1 unspecified atom stereocenters. The van der Waals surface area contributed by atoms with Gasteiger partial charge in [0.1, 0.15) is 5.75 Å². The number of benzene rings is 1. The highest BCUT2D eigenvalue weighted by atomic mass is 32.2. The quantitative estimate of drug-likeness (QED) is 0.925. The highest BCUT2D eigenvalue weighted by Gasteiger charge is 2.57. The molecule has 0 aromatic heterocycles. The van der Waals surface area contributed by atoms with Gasteiger partial charge in [0, 0.05) is 12.0 Å². The van der Waals surface area contributed by atoms with Crippen molar-refractivity contribution in [1.82, 2.24) is 4.90 Å². The minimum Gasteiger partial charge on any atom is -0.497 e. The first-order valence-corrected chi connectivity index (χ1v) is 8.78. The largest absolute Gasteiger partial charge is 0.497 e. The molecule has 21 heavy (non-hydrogen) atoms. The Hall–Kier alpha value is -0.710. The number of nitrogens with zero attached hydrogens (tertiary/aromatic N) is 1. The van der Waals surface area contributed by atoms with Crippen molar-refractivity contribution in [2.45, 2.75) is 30.3 Å². The van der Waals surface area contributed by atoms with E-state index in [4.69, 9.17) is 4.74 Å². The van der Waals surface area contributed by atoms with Crippen molar-refractivity contribution in [2.24, 2.45) is 0 Å². The number of rotatable bonds is 4. The van der Waals surface area contributed by atoms with E-state index in [0.29, 0.717) is 0 Å². The van der Waals surface area contributed by atoms with Gasteiger partial charge in [-0.25, -0.2) is 0 Å². The summed E-state index contributed by atoms with van der Waals surface area (Å²) in [6.07, 6.45) is 2.76. The second-order valence-corrected chi connectivity index (χ2v) is 7.89. The van der Waals surface area contributed by atoms with Crippen LogP contribution in [0.5, 0.6) is 5.75 Å². The molecule has 1 saturated heterocycles. The van der Waals surface area contributed by atoms with E-state index in [9.17, 15) is 5.11 Å². The summed E-state index contributed by atoms with van der Waals surface area (Å²) in [5.41, 5.74) is 1.94. The number of ether oxygens (including phenoxy) is 1. The van der Waals surface area contributed by atoms with Crippen LogP contribution in [0.3, 0.4) is 0 Å². The third kappa shape index (κ3) is 2.37.